The van der Waals surface area contributed by atoms with Crippen molar-refractivity contribution in [2.75, 3.05) is 6.54 Å². The summed E-state index contributed by atoms with van der Waals surface area (Å²) in [6, 6.07) is 4.04. The lowest BCUT2D eigenvalue weighted by Gasteiger charge is -1.98. The minimum Gasteiger partial charge on any atom is -0.382 e. The van der Waals surface area contributed by atoms with Gasteiger partial charge in [0, 0.05) is 12.1 Å². The fourth-order valence-corrected chi connectivity index (χ4v) is 1.40. The maximum absolute atomic E-state index is 12.9. The molecule has 2 aromatic rings. The molecule has 3 N–H and O–H groups in total. The molecule has 0 unspecified atom stereocenters. The van der Waals surface area contributed by atoms with E-state index in [1.165, 1.54) is 18.2 Å². The number of hydrogen-bond donors (Lipinski definition) is 2. The molecule has 1 aromatic carbocycles. The summed E-state index contributed by atoms with van der Waals surface area (Å²) in [5.41, 5.74) is 5.74. The fourth-order valence-electron chi connectivity index (χ4n) is 1.22. The molecule has 0 aliphatic carbocycles. The second kappa shape index (κ2) is 4.79. The van der Waals surface area contributed by atoms with Crippen molar-refractivity contribution >= 4 is 11.6 Å². The van der Waals surface area contributed by atoms with Crippen molar-refractivity contribution in [3.63, 3.8) is 0 Å². The van der Waals surface area contributed by atoms with E-state index in [-0.39, 0.29) is 23.3 Å². The molecule has 0 spiro atoms. The van der Waals surface area contributed by atoms with Gasteiger partial charge in [-0.25, -0.2) is 4.39 Å². The van der Waals surface area contributed by atoms with E-state index in [0.29, 0.717) is 5.56 Å². The number of aliphatic hydroxyl groups excluding tert-OH is 1. The lowest BCUT2D eigenvalue weighted by molar-refractivity contribution is 0.141. The smallest absolute Gasteiger partial charge is 0.257 e. The van der Waals surface area contributed by atoms with Gasteiger partial charge in [-0.1, -0.05) is 16.8 Å². The molecule has 90 valence electrons. The van der Waals surface area contributed by atoms with Gasteiger partial charge in [0.1, 0.15) is 11.9 Å². The Labute approximate surface area is 101 Å². The summed E-state index contributed by atoms with van der Waals surface area (Å²) < 4.78 is 17.8. The molecule has 1 heterocycles. The Hall–Kier alpha value is -1.50. The first kappa shape index (κ1) is 12.0. The molecule has 0 saturated carbocycles. The lowest BCUT2D eigenvalue weighted by atomic mass is 10.2. The highest BCUT2D eigenvalue weighted by molar-refractivity contribution is 6.31. The van der Waals surface area contributed by atoms with Gasteiger partial charge in [0.15, 0.2) is 0 Å². The van der Waals surface area contributed by atoms with Crippen molar-refractivity contribution in [3.8, 4) is 11.4 Å². The van der Waals surface area contributed by atoms with Crippen LogP contribution in [-0.4, -0.2) is 21.8 Å². The van der Waals surface area contributed by atoms with Crippen LogP contribution in [0.15, 0.2) is 22.7 Å². The number of halogens is 2. The first-order valence-corrected chi connectivity index (χ1v) is 5.16. The number of hydrogen-bond acceptors (Lipinski definition) is 5. The number of nitrogens with two attached hydrogens (primary N) is 1. The third-order valence-electron chi connectivity index (χ3n) is 2.13. The van der Waals surface area contributed by atoms with E-state index in [9.17, 15) is 9.50 Å². The average Bonchev–Trinajstić information content (AvgIpc) is 2.81. The zero-order chi connectivity index (χ0) is 12.4. The van der Waals surface area contributed by atoms with Gasteiger partial charge in [-0.2, -0.15) is 4.98 Å². The van der Waals surface area contributed by atoms with Gasteiger partial charge in [-0.3, -0.25) is 0 Å². The monoisotopic (exact) mass is 257 g/mol. The van der Waals surface area contributed by atoms with Gasteiger partial charge in [-0.05, 0) is 18.2 Å². The van der Waals surface area contributed by atoms with E-state index in [0.717, 1.165) is 0 Å². The minimum atomic E-state index is -1.01. The molecule has 17 heavy (non-hydrogen) atoms. The molecule has 0 aliphatic rings. The van der Waals surface area contributed by atoms with E-state index in [1.807, 2.05) is 0 Å². The number of benzene rings is 1. The van der Waals surface area contributed by atoms with Crippen LogP contribution in [0.4, 0.5) is 4.39 Å². The molecule has 5 nitrogen and oxygen atoms in total. The van der Waals surface area contributed by atoms with E-state index < -0.39 is 11.9 Å². The van der Waals surface area contributed by atoms with Crippen LogP contribution in [0.1, 0.15) is 12.0 Å². The molecule has 0 radical (unpaired) electrons. The van der Waals surface area contributed by atoms with Gasteiger partial charge >= 0.3 is 0 Å². The minimum absolute atomic E-state index is 0.0166. The van der Waals surface area contributed by atoms with Gasteiger partial charge in [0.05, 0.1) is 5.02 Å². The van der Waals surface area contributed by atoms with Crippen LogP contribution in [0, 0.1) is 5.82 Å². The van der Waals surface area contributed by atoms with Crippen LogP contribution in [0.5, 0.6) is 0 Å². The molecule has 0 amide bonds. The van der Waals surface area contributed by atoms with Crippen molar-refractivity contribution < 1.29 is 14.0 Å². The van der Waals surface area contributed by atoms with Crippen molar-refractivity contribution in [1.29, 1.82) is 0 Å². The van der Waals surface area contributed by atoms with Crippen molar-refractivity contribution in [1.82, 2.24) is 10.1 Å². The zero-order valence-electron chi connectivity index (χ0n) is 8.60. The third-order valence-corrected chi connectivity index (χ3v) is 2.42. The predicted octanol–water partition coefficient (Wildman–Crippen LogP) is 1.52. The zero-order valence-corrected chi connectivity index (χ0v) is 9.36. The number of aromatic nitrogens is 2. The normalized spacial score (nSPS) is 12.7. The lowest BCUT2D eigenvalue weighted by Crippen LogP contribution is -2.11. The van der Waals surface area contributed by atoms with Crippen molar-refractivity contribution in [3.05, 3.63) is 34.9 Å². The first-order valence-electron chi connectivity index (χ1n) is 4.79. The molecule has 0 fully saturated rings. The quantitative estimate of drug-likeness (QED) is 0.871. The Morgan fingerprint density at radius 2 is 2.29 bits per heavy atom. The first-order chi connectivity index (χ1) is 8.11. The average molecular weight is 258 g/mol. The molecular weight excluding hydrogens is 249 g/mol. The van der Waals surface area contributed by atoms with Crippen LogP contribution in [0.2, 0.25) is 5.02 Å². The van der Waals surface area contributed by atoms with Crippen molar-refractivity contribution in [2.45, 2.75) is 6.10 Å². The van der Waals surface area contributed by atoms with Gasteiger partial charge in [0.25, 0.3) is 5.89 Å². The number of aliphatic hydroxyl groups is 1. The molecule has 0 bridgehead atoms. The SMILES string of the molecule is NC[C@H](O)c1nc(-c2ccc(F)c(Cl)c2)no1. The van der Waals surface area contributed by atoms with Crippen LogP contribution >= 0.6 is 11.6 Å². The second-order valence-electron chi connectivity index (χ2n) is 3.34. The summed E-state index contributed by atoms with van der Waals surface area (Å²) in [7, 11) is 0. The Morgan fingerprint density at radius 1 is 1.53 bits per heavy atom. The Balaban J connectivity index is 2.33. The summed E-state index contributed by atoms with van der Waals surface area (Å²) >= 11 is 5.63. The molecule has 1 atom stereocenters. The maximum Gasteiger partial charge on any atom is 0.257 e. The summed E-state index contributed by atoms with van der Waals surface area (Å²) in [4.78, 5) is 3.93. The largest absolute Gasteiger partial charge is 0.382 e. The fraction of sp³-hybridized carbons (Fsp3) is 0.200. The van der Waals surface area contributed by atoms with Crippen LogP contribution in [0.25, 0.3) is 11.4 Å². The molecule has 2 rings (SSSR count). The molecule has 0 aliphatic heterocycles. The Kier molecular flexibility index (Phi) is 3.37. The molecular formula is C10H9ClFN3O2. The summed E-state index contributed by atoms with van der Waals surface area (Å²) in [5, 5.41) is 13.0. The highest BCUT2D eigenvalue weighted by atomic mass is 35.5. The van der Waals surface area contributed by atoms with E-state index in [1.54, 1.807) is 0 Å². The van der Waals surface area contributed by atoms with Gasteiger partial charge < -0.3 is 15.4 Å². The predicted molar refractivity (Wildman–Crippen MR) is 58.7 cm³/mol. The Bertz CT molecular complexity index is 532. The summed E-state index contributed by atoms with van der Waals surface area (Å²) in [5.74, 6) is -0.293. The summed E-state index contributed by atoms with van der Waals surface area (Å²) in [6.07, 6.45) is -1.01. The van der Waals surface area contributed by atoms with E-state index >= 15 is 0 Å². The van der Waals surface area contributed by atoms with Crippen molar-refractivity contribution in [2.24, 2.45) is 5.73 Å². The van der Waals surface area contributed by atoms with E-state index in [2.05, 4.69) is 10.1 Å². The van der Waals surface area contributed by atoms with Crippen LogP contribution in [-0.2, 0) is 0 Å². The van der Waals surface area contributed by atoms with Crippen LogP contribution < -0.4 is 5.73 Å². The third kappa shape index (κ3) is 2.44. The maximum atomic E-state index is 12.9. The number of nitrogens with zero attached hydrogens (tertiary/aromatic N) is 2. The van der Waals surface area contributed by atoms with Crippen LogP contribution in [0.3, 0.4) is 0 Å². The molecule has 7 heteroatoms. The highest BCUT2D eigenvalue weighted by Gasteiger charge is 2.15. The number of rotatable bonds is 3. The van der Waals surface area contributed by atoms with Gasteiger partial charge in [0.2, 0.25) is 5.82 Å². The van der Waals surface area contributed by atoms with Gasteiger partial charge in [-0.15, -0.1) is 0 Å². The highest BCUT2D eigenvalue weighted by Crippen LogP contribution is 2.23. The Morgan fingerprint density at radius 3 is 2.94 bits per heavy atom. The standard InChI is InChI=1S/C10H9ClFN3O2/c11-6-3-5(1-2-7(6)12)9-14-10(17-15-9)8(16)4-13/h1-3,8,16H,4,13H2/t8-/m0/s1. The summed E-state index contributed by atoms with van der Waals surface area (Å²) in [6.45, 7) is -0.0220. The van der Waals surface area contributed by atoms with E-state index in [4.69, 9.17) is 21.9 Å². The topological polar surface area (TPSA) is 85.2 Å². The molecule has 1 aromatic heterocycles. The second-order valence-corrected chi connectivity index (χ2v) is 3.74. The molecule has 0 saturated heterocycles.